The highest BCUT2D eigenvalue weighted by Crippen LogP contribution is 2.31. The molecule has 0 aliphatic heterocycles. The molecule has 0 spiro atoms. The zero-order valence-electron chi connectivity index (χ0n) is 14.7. The van der Waals surface area contributed by atoms with Crippen molar-refractivity contribution < 1.29 is 14.1 Å². The SMILES string of the molecule is CC(=O)c1sc(NC(=O)c2cc(-c3ccncc3)on2)nc1-c1ccccc1. The summed E-state index contributed by atoms with van der Waals surface area (Å²) in [6.45, 7) is 1.48. The number of anilines is 1. The highest BCUT2D eigenvalue weighted by molar-refractivity contribution is 7.18. The minimum absolute atomic E-state index is 0.113. The van der Waals surface area contributed by atoms with E-state index in [1.54, 1.807) is 30.6 Å². The maximum atomic E-state index is 12.5. The number of aromatic nitrogens is 3. The molecule has 4 rings (SSSR count). The Hall–Kier alpha value is -3.65. The minimum atomic E-state index is -0.465. The lowest BCUT2D eigenvalue weighted by Crippen LogP contribution is -2.11. The molecule has 0 saturated carbocycles. The second kappa shape index (κ2) is 7.53. The van der Waals surface area contributed by atoms with Gasteiger partial charge in [-0.05, 0) is 12.1 Å². The average molecular weight is 390 g/mol. The molecule has 1 amide bonds. The number of carbonyl (C=O) groups excluding carboxylic acids is 2. The quantitative estimate of drug-likeness (QED) is 0.510. The highest BCUT2D eigenvalue weighted by atomic mass is 32.1. The zero-order chi connectivity index (χ0) is 19.5. The number of hydrogen-bond acceptors (Lipinski definition) is 7. The van der Waals surface area contributed by atoms with Crippen LogP contribution in [0.4, 0.5) is 5.13 Å². The normalized spacial score (nSPS) is 10.6. The Labute approximate surface area is 164 Å². The van der Waals surface area contributed by atoms with E-state index >= 15 is 0 Å². The van der Waals surface area contributed by atoms with Gasteiger partial charge in [0.2, 0.25) is 0 Å². The first-order chi connectivity index (χ1) is 13.6. The van der Waals surface area contributed by atoms with Crippen molar-refractivity contribution >= 4 is 28.2 Å². The van der Waals surface area contributed by atoms with Crippen LogP contribution in [0.3, 0.4) is 0 Å². The summed E-state index contributed by atoms with van der Waals surface area (Å²) >= 11 is 1.13. The van der Waals surface area contributed by atoms with Crippen molar-refractivity contribution in [3.8, 4) is 22.6 Å². The molecule has 0 atom stereocenters. The summed E-state index contributed by atoms with van der Waals surface area (Å²) in [5, 5.41) is 6.83. The molecule has 8 heteroatoms. The summed E-state index contributed by atoms with van der Waals surface area (Å²) in [7, 11) is 0. The number of thiazole rings is 1. The summed E-state index contributed by atoms with van der Waals surface area (Å²) in [6.07, 6.45) is 3.25. The molecule has 28 heavy (non-hydrogen) atoms. The molecule has 1 N–H and O–H groups in total. The first-order valence-electron chi connectivity index (χ1n) is 8.37. The predicted octanol–water partition coefficient (Wildman–Crippen LogP) is 4.32. The number of ketones is 1. The Morgan fingerprint density at radius 1 is 1.04 bits per heavy atom. The average Bonchev–Trinajstić information content (AvgIpc) is 3.37. The van der Waals surface area contributed by atoms with Crippen LogP contribution in [-0.2, 0) is 0 Å². The first-order valence-corrected chi connectivity index (χ1v) is 9.19. The zero-order valence-corrected chi connectivity index (χ0v) is 15.6. The van der Waals surface area contributed by atoms with Crippen LogP contribution >= 0.6 is 11.3 Å². The van der Waals surface area contributed by atoms with Crippen LogP contribution in [0, 0.1) is 0 Å². The van der Waals surface area contributed by atoms with Crippen molar-refractivity contribution in [1.29, 1.82) is 0 Å². The van der Waals surface area contributed by atoms with Crippen molar-refractivity contribution in [3.63, 3.8) is 0 Å². The van der Waals surface area contributed by atoms with Crippen LogP contribution < -0.4 is 5.32 Å². The smallest absolute Gasteiger partial charge is 0.279 e. The molecule has 0 saturated heterocycles. The molecular weight excluding hydrogens is 376 g/mol. The third kappa shape index (κ3) is 3.58. The van der Waals surface area contributed by atoms with Gasteiger partial charge in [-0.25, -0.2) is 4.98 Å². The van der Waals surface area contributed by atoms with Gasteiger partial charge < -0.3 is 4.52 Å². The summed E-state index contributed by atoms with van der Waals surface area (Å²) < 4.78 is 5.24. The largest absolute Gasteiger partial charge is 0.355 e. The molecule has 0 aliphatic rings. The highest BCUT2D eigenvalue weighted by Gasteiger charge is 2.20. The number of nitrogens with zero attached hydrogens (tertiary/aromatic N) is 3. The minimum Gasteiger partial charge on any atom is -0.355 e. The maximum absolute atomic E-state index is 12.5. The van der Waals surface area contributed by atoms with Gasteiger partial charge >= 0.3 is 0 Å². The molecule has 138 valence electrons. The van der Waals surface area contributed by atoms with Crippen molar-refractivity contribution in [3.05, 3.63) is 71.5 Å². The van der Waals surface area contributed by atoms with Gasteiger partial charge in [-0.2, -0.15) is 0 Å². The lowest BCUT2D eigenvalue weighted by molar-refractivity contribution is 0.101. The third-order valence-corrected chi connectivity index (χ3v) is 4.99. The Morgan fingerprint density at radius 2 is 1.79 bits per heavy atom. The van der Waals surface area contributed by atoms with Crippen molar-refractivity contribution in [1.82, 2.24) is 15.1 Å². The van der Waals surface area contributed by atoms with E-state index in [1.807, 2.05) is 30.3 Å². The predicted molar refractivity (Wildman–Crippen MR) is 105 cm³/mol. The van der Waals surface area contributed by atoms with E-state index in [4.69, 9.17) is 4.52 Å². The van der Waals surface area contributed by atoms with Crippen LogP contribution in [0.25, 0.3) is 22.6 Å². The summed E-state index contributed by atoms with van der Waals surface area (Å²) in [4.78, 5) is 33.4. The van der Waals surface area contributed by atoms with Gasteiger partial charge in [0.05, 0.1) is 10.6 Å². The molecule has 0 radical (unpaired) electrons. The summed E-state index contributed by atoms with van der Waals surface area (Å²) in [5.41, 5.74) is 2.24. The monoisotopic (exact) mass is 390 g/mol. The van der Waals surface area contributed by atoms with Gasteiger partial charge in [0.15, 0.2) is 22.4 Å². The lowest BCUT2D eigenvalue weighted by Gasteiger charge is -1.98. The van der Waals surface area contributed by atoms with Crippen molar-refractivity contribution in [2.24, 2.45) is 0 Å². The number of carbonyl (C=O) groups is 2. The number of benzene rings is 1. The standard InChI is InChI=1S/C20H14N4O3S/c1-12(25)18-17(14-5-3-2-4-6-14)22-20(28-18)23-19(26)15-11-16(27-24-15)13-7-9-21-10-8-13/h2-11H,1H3,(H,22,23,26). The lowest BCUT2D eigenvalue weighted by atomic mass is 10.1. The molecule has 0 bridgehead atoms. The van der Waals surface area contributed by atoms with Crippen LogP contribution in [0.5, 0.6) is 0 Å². The molecule has 3 aromatic heterocycles. The van der Waals surface area contributed by atoms with Gasteiger partial charge in [0.25, 0.3) is 5.91 Å². The van der Waals surface area contributed by atoms with Crippen LogP contribution in [0.15, 0.2) is 65.4 Å². The van der Waals surface area contributed by atoms with Gasteiger partial charge in [-0.3, -0.25) is 19.9 Å². The van der Waals surface area contributed by atoms with Crippen molar-refractivity contribution in [2.75, 3.05) is 5.32 Å². The third-order valence-electron chi connectivity index (χ3n) is 3.92. The Kier molecular flexibility index (Phi) is 4.77. The van der Waals surface area contributed by atoms with Gasteiger partial charge in [-0.1, -0.05) is 46.8 Å². The number of pyridine rings is 1. The number of amides is 1. The fourth-order valence-electron chi connectivity index (χ4n) is 2.60. The summed E-state index contributed by atoms with van der Waals surface area (Å²) in [5.74, 6) is -0.119. The first kappa shape index (κ1) is 17.7. The van der Waals surface area contributed by atoms with Gasteiger partial charge in [0.1, 0.15) is 0 Å². The fraction of sp³-hybridized carbons (Fsp3) is 0.0500. The van der Waals surface area contributed by atoms with E-state index in [1.165, 1.54) is 6.92 Å². The molecule has 4 aromatic rings. The second-order valence-electron chi connectivity index (χ2n) is 5.89. The number of hydrogen-bond donors (Lipinski definition) is 1. The molecule has 0 aliphatic carbocycles. The number of rotatable bonds is 5. The van der Waals surface area contributed by atoms with E-state index in [0.29, 0.717) is 21.5 Å². The molecule has 3 heterocycles. The van der Waals surface area contributed by atoms with Gasteiger partial charge in [-0.15, -0.1) is 0 Å². The molecule has 0 fully saturated rings. The van der Waals surface area contributed by atoms with Crippen LogP contribution in [0.1, 0.15) is 27.1 Å². The maximum Gasteiger partial charge on any atom is 0.279 e. The van der Waals surface area contributed by atoms with Gasteiger partial charge in [0, 0.05) is 36.5 Å². The number of nitrogens with one attached hydrogen (secondary N) is 1. The Balaban J connectivity index is 1.59. The van der Waals surface area contributed by atoms with Crippen LogP contribution in [0.2, 0.25) is 0 Å². The van der Waals surface area contributed by atoms with Crippen molar-refractivity contribution in [2.45, 2.75) is 6.92 Å². The van der Waals surface area contributed by atoms with Crippen LogP contribution in [-0.4, -0.2) is 26.8 Å². The molecule has 0 unspecified atom stereocenters. The Bertz CT molecular complexity index is 1140. The van der Waals surface area contributed by atoms with E-state index in [2.05, 4.69) is 20.4 Å². The van der Waals surface area contributed by atoms with E-state index in [9.17, 15) is 9.59 Å². The molecular formula is C20H14N4O3S. The molecule has 7 nitrogen and oxygen atoms in total. The fourth-order valence-corrected chi connectivity index (χ4v) is 3.48. The topological polar surface area (TPSA) is 98.0 Å². The Morgan fingerprint density at radius 3 is 2.50 bits per heavy atom. The van der Waals surface area contributed by atoms with E-state index < -0.39 is 5.91 Å². The number of Topliss-reactive ketones (excluding diaryl/α,β-unsaturated/α-hetero) is 1. The summed E-state index contributed by atoms with van der Waals surface area (Å²) in [6, 6.07) is 14.4. The van der Waals surface area contributed by atoms with E-state index in [-0.39, 0.29) is 11.5 Å². The van der Waals surface area contributed by atoms with E-state index in [0.717, 1.165) is 22.5 Å². The molecule has 1 aromatic carbocycles. The second-order valence-corrected chi connectivity index (χ2v) is 6.88.